The SMILES string of the molecule is O=C1CCC(=O)N1OCc1ccc(I)nc1. The number of hydroxylamine groups is 2. The summed E-state index contributed by atoms with van der Waals surface area (Å²) in [5.41, 5.74) is 0.827. The van der Waals surface area contributed by atoms with E-state index in [1.54, 1.807) is 6.20 Å². The zero-order valence-electron chi connectivity index (χ0n) is 8.35. The maximum atomic E-state index is 11.2. The molecule has 2 rings (SSSR count). The molecular weight excluding hydrogens is 323 g/mol. The van der Waals surface area contributed by atoms with Gasteiger partial charge < -0.3 is 0 Å². The molecule has 0 saturated carbocycles. The third kappa shape index (κ3) is 2.56. The molecule has 0 aromatic carbocycles. The summed E-state index contributed by atoms with van der Waals surface area (Å²) in [4.78, 5) is 31.7. The van der Waals surface area contributed by atoms with Gasteiger partial charge >= 0.3 is 0 Å². The van der Waals surface area contributed by atoms with Crippen LogP contribution in [0.2, 0.25) is 0 Å². The van der Waals surface area contributed by atoms with E-state index >= 15 is 0 Å². The van der Waals surface area contributed by atoms with Crippen molar-refractivity contribution in [2.75, 3.05) is 0 Å². The molecule has 1 aromatic rings. The Labute approximate surface area is 106 Å². The van der Waals surface area contributed by atoms with E-state index in [2.05, 4.69) is 27.6 Å². The molecule has 1 fully saturated rings. The summed E-state index contributed by atoms with van der Waals surface area (Å²) >= 11 is 2.10. The lowest BCUT2D eigenvalue weighted by Gasteiger charge is -2.12. The van der Waals surface area contributed by atoms with Crippen LogP contribution in [-0.4, -0.2) is 21.9 Å². The first-order chi connectivity index (χ1) is 7.66. The van der Waals surface area contributed by atoms with Crippen molar-refractivity contribution in [3.63, 3.8) is 0 Å². The molecule has 0 atom stereocenters. The smallest absolute Gasteiger partial charge is 0.254 e. The summed E-state index contributed by atoms with van der Waals surface area (Å²) in [6, 6.07) is 3.69. The second-order valence-electron chi connectivity index (χ2n) is 3.34. The highest BCUT2D eigenvalue weighted by atomic mass is 127. The van der Waals surface area contributed by atoms with Crippen LogP contribution in [0.4, 0.5) is 0 Å². The number of carbonyl (C=O) groups is 2. The highest BCUT2D eigenvalue weighted by Gasteiger charge is 2.30. The fourth-order valence-electron chi connectivity index (χ4n) is 1.33. The third-order valence-electron chi connectivity index (χ3n) is 2.15. The van der Waals surface area contributed by atoms with Gasteiger partial charge in [-0.2, -0.15) is 5.06 Å². The van der Waals surface area contributed by atoms with Gasteiger partial charge in [0.2, 0.25) is 0 Å². The molecule has 16 heavy (non-hydrogen) atoms. The number of hydrogen-bond donors (Lipinski definition) is 0. The molecule has 0 aliphatic carbocycles. The molecule has 0 N–H and O–H groups in total. The van der Waals surface area contributed by atoms with Crippen molar-refractivity contribution < 1.29 is 14.4 Å². The van der Waals surface area contributed by atoms with Crippen LogP contribution in [0.5, 0.6) is 0 Å². The number of amides is 2. The van der Waals surface area contributed by atoms with Gasteiger partial charge in [-0.1, -0.05) is 6.07 Å². The number of hydrogen-bond acceptors (Lipinski definition) is 4. The van der Waals surface area contributed by atoms with Crippen molar-refractivity contribution in [3.05, 3.63) is 27.6 Å². The molecule has 84 valence electrons. The molecule has 0 bridgehead atoms. The standard InChI is InChI=1S/C10H9IN2O3/c11-8-2-1-7(5-12-8)6-16-13-9(14)3-4-10(13)15/h1-2,5H,3-4,6H2. The normalized spacial score (nSPS) is 15.9. The van der Waals surface area contributed by atoms with E-state index < -0.39 is 0 Å². The molecule has 0 spiro atoms. The van der Waals surface area contributed by atoms with E-state index in [0.29, 0.717) is 0 Å². The lowest BCUT2D eigenvalue weighted by molar-refractivity contribution is -0.191. The Kier molecular flexibility index (Phi) is 3.49. The largest absolute Gasteiger partial charge is 0.272 e. The van der Waals surface area contributed by atoms with E-state index in [-0.39, 0.29) is 31.3 Å². The Morgan fingerprint density at radius 3 is 2.56 bits per heavy atom. The van der Waals surface area contributed by atoms with Gasteiger partial charge in [0.05, 0.1) is 0 Å². The second-order valence-corrected chi connectivity index (χ2v) is 4.45. The quantitative estimate of drug-likeness (QED) is 0.475. The number of pyridine rings is 1. The van der Waals surface area contributed by atoms with Crippen LogP contribution in [0.15, 0.2) is 18.3 Å². The van der Waals surface area contributed by atoms with Crippen LogP contribution in [0.25, 0.3) is 0 Å². The minimum Gasteiger partial charge on any atom is -0.272 e. The molecular formula is C10H9IN2O3. The number of imide groups is 1. The molecule has 1 aliphatic rings. The van der Waals surface area contributed by atoms with Crippen LogP contribution in [0.1, 0.15) is 18.4 Å². The van der Waals surface area contributed by atoms with Gasteiger partial charge in [-0.3, -0.25) is 14.4 Å². The highest BCUT2D eigenvalue weighted by Crippen LogP contribution is 2.14. The highest BCUT2D eigenvalue weighted by molar-refractivity contribution is 14.1. The fraction of sp³-hybridized carbons (Fsp3) is 0.300. The summed E-state index contributed by atoms with van der Waals surface area (Å²) in [7, 11) is 0. The van der Waals surface area contributed by atoms with E-state index in [1.807, 2.05) is 12.1 Å². The molecule has 0 radical (unpaired) electrons. The summed E-state index contributed by atoms with van der Waals surface area (Å²) in [5, 5.41) is 0.845. The summed E-state index contributed by atoms with van der Waals surface area (Å²) < 4.78 is 0.884. The number of nitrogens with zero attached hydrogens (tertiary/aromatic N) is 2. The van der Waals surface area contributed by atoms with Gasteiger partial charge in [0, 0.05) is 19.0 Å². The average molecular weight is 332 g/mol. The van der Waals surface area contributed by atoms with Crippen molar-refractivity contribution in [2.24, 2.45) is 0 Å². The third-order valence-corrected chi connectivity index (χ3v) is 2.79. The number of rotatable bonds is 3. The van der Waals surface area contributed by atoms with Gasteiger partial charge in [-0.15, -0.1) is 0 Å². The van der Waals surface area contributed by atoms with Crippen molar-refractivity contribution in [1.82, 2.24) is 10.0 Å². The first kappa shape index (κ1) is 11.5. The Morgan fingerprint density at radius 1 is 1.31 bits per heavy atom. The predicted octanol–water partition coefficient (Wildman–Crippen LogP) is 1.27. The fourth-order valence-corrected chi connectivity index (χ4v) is 1.65. The topological polar surface area (TPSA) is 59.5 Å². The first-order valence-electron chi connectivity index (χ1n) is 4.76. The predicted molar refractivity (Wildman–Crippen MR) is 62.8 cm³/mol. The van der Waals surface area contributed by atoms with E-state index in [9.17, 15) is 9.59 Å². The van der Waals surface area contributed by atoms with Crippen LogP contribution >= 0.6 is 22.6 Å². The van der Waals surface area contributed by atoms with Crippen molar-refractivity contribution in [2.45, 2.75) is 19.4 Å². The van der Waals surface area contributed by atoms with Crippen LogP contribution in [0, 0.1) is 3.70 Å². The van der Waals surface area contributed by atoms with Gasteiger partial charge in [-0.25, -0.2) is 4.98 Å². The van der Waals surface area contributed by atoms with Crippen LogP contribution in [0.3, 0.4) is 0 Å². The van der Waals surface area contributed by atoms with Crippen molar-refractivity contribution in [3.8, 4) is 0 Å². The van der Waals surface area contributed by atoms with Gasteiger partial charge in [0.1, 0.15) is 10.3 Å². The lowest BCUT2D eigenvalue weighted by atomic mass is 10.3. The van der Waals surface area contributed by atoms with Crippen molar-refractivity contribution in [1.29, 1.82) is 0 Å². The summed E-state index contributed by atoms with van der Waals surface area (Å²) in [6.45, 7) is 0.182. The molecule has 2 amide bonds. The van der Waals surface area contributed by atoms with Crippen LogP contribution < -0.4 is 0 Å². The minimum atomic E-state index is -0.275. The summed E-state index contributed by atoms with van der Waals surface area (Å²) in [5.74, 6) is -0.549. The minimum absolute atomic E-state index is 0.182. The van der Waals surface area contributed by atoms with Crippen LogP contribution in [-0.2, 0) is 21.0 Å². The molecule has 1 saturated heterocycles. The van der Waals surface area contributed by atoms with E-state index in [4.69, 9.17) is 4.84 Å². The molecule has 2 heterocycles. The Bertz CT molecular complexity index is 403. The number of aromatic nitrogens is 1. The Balaban J connectivity index is 1.94. The van der Waals surface area contributed by atoms with Crippen molar-refractivity contribution >= 4 is 34.4 Å². The van der Waals surface area contributed by atoms with Gasteiger partial charge in [0.15, 0.2) is 0 Å². The van der Waals surface area contributed by atoms with E-state index in [1.165, 1.54) is 0 Å². The lowest BCUT2D eigenvalue weighted by Crippen LogP contribution is -2.29. The molecule has 6 heteroatoms. The zero-order chi connectivity index (χ0) is 11.5. The first-order valence-corrected chi connectivity index (χ1v) is 5.84. The zero-order valence-corrected chi connectivity index (χ0v) is 10.5. The van der Waals surface area contributed by atoms with Gasteiger partial charge in [0.25, 0.3) is 11.8 Å². The number of carbonyl (C=O) groups excluding carboxylic acids is 2. The molecule has 0 unspecified atom stereocenters. The number of halogens is 1. The monoisotopic (exact) mass is 332 g/mol. The Hall–Kier alpha value is -1.02. The second kappa shape index (κ2) is 4.88. The van der Waals surface area contributed by atoms with E-state index in [0.717, 1.165) is 14.3 Å². The van der Waals surface area contributed by atoms with Gasteiger partial charge in [-0.05, 0) is 34.2 Å². The molecule has 1 aliphatic heterocycles. The summed E-state index contributed by atoms with van der Waals surface area (Å²) in [6.07, 6.45) is 2.14. The average Bonchev–Trinajstić information content (AvgIpc) is 2.59. The molecule has 1 aromatic heterocycles. The Morgan fingerprint density at radius 2 is 2.00 bits per heavy atom. The maximum Gasteiger partial charge on any atom is 0.254 e. The maximum absolute atomic E-state index is 11.2. The molecule has 5 nitrogen and oxygen atoms in total.